The van der Waals surface area contributed by atoms with Gasteiger partial charge in [-0.05, 0) is 56.5 Å². The average Bonchev–Trinajstić information content (AvgIpc) is 3.43. The molecule has 1 fully saturated rings. The van der Waals surface area contributed by atoms with Crippen LogP contribution in [0.25, 0.3) is 0 Å². The van der Waals surface area contributed by atoms with Crippen molar-refractivity contribution in [2.24, 2.45) is 0 Å². The van der Waals surface area contributed by atoms with E-state index in [4.69, 9.17) is 5.10 Å². The summed E-state index contributed by atoms with van der Waals surface area (Å²) in [5.74, 6) is -0.747. The topological polar surface area (TPSA) is 76.0 Å². The Kier molecular flexibility index (Phi) is 5.48. The number of hydrogen-bond acceptors (Lipinski definition) is 3. The van der Waals surface area contributed by atoms with Crippen molar-refractivity contribution in [1.82, 2.24) is 15.1 Å². The maximum absolute atomic E-state index is 13.7. The Balaban J connectivity index is 1.58. The molecule has 2 heterocycles. The van der Waals surface area contributed by atoms with Gasteiger partial charge in [0.25, 0.3) is 5.91 Å². The monoisotopic (exact) mass is 446 g/mol. The molecule has 2 amide bonds. The number of fused-ring (bicyclic) bond motifs is 1. The lowest BCUT2D eigenvalue weighted by Crippen LogP contribution is -2.50. The van der Waals surface area contributed by atoms with Crippen LogP contribution in [0, 0.1) is 19.7 Å². The zero-order chi connectivity index (χ0) is 23.1. The van der Waals surface area contributed by atoms with Gasteiger partial charge in [-0.1, -0.05) is 42.7 Å². The number of aryl methyl sites for hydroxylation is 2. The number of nitrogens with zero attached hydrogens (tertiary/aromatic N) is 2. The Labute approximate surface area is 192 Å². The van der Waals surface area contributed by atoms with Crippen LogP contribution in [0.15, 0.2) is 48.5 Å². The van der Waals surface area contributed by atoms with Crippen molar-refractivity contribution in [2.75, 3.05) is 5.32 Å². The third-order valence-corrected chi connectivity index (χ3v) is 6.77. The summed E-state index contributed by atoms with van der Waals surface area (Å²) in [6.45, 7) is 3.84. The van der Waals surface area contributed by atoms with Crippen LogP contribution in [0.4, 0.5) is 10.2 Å². The van der Waals surface area contributed by atoms with Crippen LogP contribution in [0.2, 0.25) is 0 Å². The zero-order valence-electron chi connectivity index (χ0n) is 18.8. The SMILES string of the molecule is Cc1cccc(C(=O)N[C@H]2C(=O)Nc3c(c(C)nn3C3CCCC3)[C@@H]2c2ccc(F)cc2)c1. The smallest absolute Gasteiger partial charge is 0.251 e. The lowest BCUT2D eigenvalue weighted by atomic mass is 9.81. The summed E-state index contributed by atoms with van der Waals surface area (Å²) >= 11 is 0. The summed E-state index contributed by atoms with van der Waals surface area (Å²) in [5.41, 5.74) is 3.89. The van der Waals surface area contributed by atoms with Crippen molar-refractivity contribution in [3.05, 3.63) is 82.3 Å². The molecule has 6 nitrogen and oxygen atoms in total. The number of anilines is 1. The number of carbonyl (C=O) groups is 2. The third-order valence-electron chi connectivity index (χ3n) is 6.77. The van der Waals surface area contributed by atoms with Crippen LogP contribution in [0.3, 0.4) is 0 Å². The Bertz CT molecular complexity index is 1210. The predicted molar refractivity (Wildman–Crippen MR) is 124 cm³/mol. The van der Waals surface area contributed by atoms with Crippen molar-refractivity contribution < 1.29 is 14.0 Å². The summed E-state index contributed by atoms with van der Waals surface area (Å²) in [5, 5.41) is 10.8. The van der Waals surface area contributed by atoms with E-state index in [0.29, 0.717) is 11.4 Å². The largest absolute Gasteiger partial charge is 0.339 e. The van der Waals surface area contributed by atoms with Crippen molar-refractivity contribution >= 4 is 17.6 Å². The minimum Gasteiger partial charge on any atom is -0.339 e. The number of rotatable bonds is 4. The Morgan fingerprint density at radius 1 is 1.12 bits per heavy atom. The summed E-state index contributed by atoms with van der Waals surface area (Å²) in [4.78, 5) is 26.5. The number of carbonyl (C=O) groups excluding carboxylic acids is 2. The van der Waals surface area contributed by atoms with E-state index in [1.165, 1.54) is 12.1 Å². The Morgan fingerprint density at radius 3 is 2.55 bits per heavy atom. The van der Waals surface area contributed by atoms with E-state index in [9.17, 15) is 14.0 Å². The van der Waals surface area contributed by atoms with Gasteiger partial charge in [0, 0.05) is 17.0 Å². The van der Waals surface area contributed by atoms with Crippen LogP contribution >= 0.6 is 0 Å². The molecule has 0 radical (unpaired) electrons. The van der Waals surface area contributed by atoms with Gasteiger partial charge in [0.2, 0.25) is 5.91 Å². The van der Waals surface area contributed by atoms with Crippen LogP contribution < -0.4 is 10.6 Å². The fraction of sp³-hybridized carbons (Fsp3) is 0.346. The van der Waals surface area contributed by atoms with E-state index >= 15 is 0 Å². The van der Waals surface area contributed by atoms with Crippen LogP contribution in [0.5, 0.6) is 0 Å². The first kappa shape index (κ1) is 21.4. The molecule has 1 aromatic heterocycles. The van der Waals surface area contributed by atoms with Gasteiger partial charge in [-0.2, -0.15) is 5.10 Å². The molecule has 170 valence electrons. The number of halogens is 1. The van der Waals surface area contributed by atoms with Gasteiger partial charge in [0.15, 0.2) is 0 Å². The van der Waals surface area contributed by atoms with Crippen LogP contribution in [-0.4, -0.2) is 27.6 Å². The highest BCUT2D eigenvalue weighted by molar-refractivity contribution is 6.04. The number of amides is 2. The first-order valence-corrected chi connectivity index (χ1v) is 11.4. The van der Waals surface area contributed by atoms with Gasteiger partial charge in [-0.3, -0.25) is 9.59 Å². The molecular weight excluding hydrogens is 419 g/mol. The van der Waals surface area contributed by atoms with E-state index in [-0.39, 0.29) is 23.7 Å². The molecule has 1 aliphatic heterocycles. The maximum atomic E-state index is 13.7. The molecule has 33 heavy (non-hydrogen) atoms. The zero-order valence-corrected chi connectivity index (χ0v) is 18.8. The second kappa shape index (κ2) is 8.46. The van der Waals surface area contributed by atoms with E-state index < -0.39 is 12.0 Å². The molecule has 2 aromatic carbocycles. The molecule has 0 spiro atoms. The average molecular weight is 447 g/mol. The molecule has 1 saturated carbocycles. The lowest BCUT2D eigenvalue weighted by Gasteiger charge is -2.33. The first-order chi connectivity index (χ1) is 15.9. The maximum Gasteiger partial charge on any atom is 0.251 e. The van der Waals surface area contributed by atoms with E-state index in [1.807, 2.05) is 30.7 Å². The molecule has 1 aliphatic carbocycles. The minimum atomic E-state index is -0.851. The highest BCUT2D eigenvalue weighted by Gasteiger charge is 2.42. The van der Waals surface area contributed by atoms with E-state index in [1.54, 1.807) is 24.3 Å². The van der Waals surface area contributed by atoms with Gasteiger partial charge < -0.3 is 10.6 Å². The Morgan fingerprint density at radius 2 is 1.85 bits per heavy atom. The summed E-state index contributed by atoms with van der Waals surface area (Å²) < 4.78 is 15.7. The summed E-state index contributed by atoms with van der Waals surface area (Å²) in [7, 11) is 0. The van der Waals surface area contributed by atoms with E-state index in [2.05, 4.69) is 10.6 Å². The normalized spacial score (nSPS) is 20.4. The first-order valence-electron chi connectivity index (χ1n) is 11.4. The van der Waals surface area contributed by atoms with Gasteiger partial charge in [-0.25, -0.2) is 9.07 Å². The third kappa shape index (κ3) is 3.92. The predicted octanol–water partition coefficient (Wildman–Crippen LogP) is 4.64. The van der Waals surface area contributed by atoms with Gasteiger partial charge in [0.05, 0.1) is 11.7 Å². The highest BCUT2D eigenvalue weighted by Crippen LogP contribution is 2.42. The van der Waals surface area contributed by atoms with Crippen LogP contribution in [0.1, 0.15) is 70.4 Å². The van der Waals surface area contributed by atoms with Crippen LogP contribution in [-0.2, 0) is 4.79 Å². The fourth-order valence-corrected chi connectivity index (χ4v) is 5.17. The van der Waals surface area contributed by atoms with Gasteiger partial charge in [-0.15, -0.1) is 0 Å². The van der Waals surface area contributed by atoms with Gasteiger partial charge >= 0.3 is 0 Å². The number of benzene rings is 2. The number of nitrogens with one attached hydrogen (secondary N) is 2. The van der Waals surface area contributed by atoms with Crippen molar-refractivity contribution in [1.29, 1.82) is 0 Å². The summed E-state index contributed by atoms with van der Waals surface area (Å²) in [6.07, 6.45) is 4.34. The molecule has 7 heteroatoms. The minimum absolute atomic E-state index is 0.250. The quantitative estimate of drug-likeness (QED) is 0.613. The molecule has 5 rings (SSSR count). The summed E-state index contributed by atoms with van der Waals surface area (Å²) in [6, 6.07) is 12.8. The second-order valence-electron chi connectivity index (χ2n) is 9.07. The van der Waals surface area contributed by atoms with Crippen molar-refractivity contribution in [3.8, 4) is 0 Å². The number of aromatic nitrogens is 2. The number of hydrogen-bond donors (Lipinski definition) is 2. The molecular formula is C26H27FN4O2. The lowest BCUT2D eigenvalue weighted by molar-refractivity contribution is -0.118. The molecule has 0 unspecified atom stereocenters. The van der Waals surface area contributed by atoms with E-state index in [0.717, 1.165) is 48.1 Å². The molecule has 0 bridgehead atoms. The molecule has 3 aromatic rings. The van der Waals surface area contributed by atoms with Crippen molar-refractivity contribution in [3.63, 3.8) is 0 Å². The van der Waals surface area contributed by atoms with Gasteiger partial charge in [0.1, 0.15) is 17.7 Å². The molecule has 2 atom stereocenters. The fourth-order valence-electron chi connectivity index (χ4n) is 5.17. The standard InChI is InChI=1S/C26H27FN4O2/c1-15-6-5-7-18(14-15)25(32)28-23-22(17-10-12-19(27)13-11-17)21-16(2)30-31(20-8-3-4-9-20)24(21)29-26(23)33/h5-7,10-14,20,22-23H,3-4,8-9H2,1-2H3,(H,28,32)(H,29,33)/t22-,23+/m0/s1. The highest BCUT2D eigenvalue weighted by atomic mass is 19.1. The Hall–Kier alpha value is -3.48. The molecule has 2 aliphatic rings. The molecule has 2 N–H and O–H groups in total. The second-order valence-corrected chi connectivity index (χ2v) is 9.07. The van der Waals surface area contributed by atoms with Crippen molar-refractivity contribution in [2.45, 2.75) is 57.5 Å². The molecule has 0 saturated heterocycles.